The maximum atomic E-state index is 11.8. The zero-order valence-corrected chi connectivity index (χ0v) is 25.0. The monoisotopic (exact) mass is 609 g/mol. The van der Waals surface area contributed by atoms with Gasteiger partial charge >= 0.3 is 5.97 Å². The molecule has 0 fully saturated rings. The minimum Gasteiger partial charge on any atom is -0.491 e. The molecule has 2 rings (SSSR count). The Bertz CT molecular complexity index is 902. The summed E-state index contributed by atoms with van der Waals surface area (Å²) in [6, 6.07) is 16.1. The number of hydrogen-bond donors (Lipinski definition) is 1. The van der Waals surface area contributed by atoms with Gasteiger partial charge in [0.15, 0.2) is 0 Å². The Hall–Kier alpha value is -2.81. The Morgan fingerprint density at radius 1 is 0.442 bits per heavy atom. The molecule has 0 amide bonds. The number of anilines is 1. The number of nitrogens with two attached hydrogens (primary N) is 1. The number of carbonyl (C=O) groups is 1. The first-order chi connectivity index (χ1) is 21.3. The summed E-state index contributed by atoms with van der Waals surface area (Å²) < 4.78 is 54.3. The molecule has 12 heteroatoms. The second kappa shape index (κ2) is 26.8. The number of rotatable bonds is 29. The fraction of sp³-hybridized carbons (Fsp3) is 0.581. The van der Waals surface area contributed by atoms with E-state index >= 15 is 0 Å². The van der Waals surface area contributed by atoms with E-state index in [2.05, 4.69) is 0 Å². The Morgan fingerprint density at radius 3 is 1.19 bits per heavy atom. The minimum absolute atomic E-state index is 0.202. The molecule has 2 N–H and O–H groups in total. The van der Waals surface area contributed by atoms with Crippen LogP contribution in [-0.2, 0) is 42.6 Å². The number of hydrogen-bond acceptors (Lipinski definition) is 12. The summed E-state index contributed by atoms with van der Waals surface area (Å²) in [4.78, 5) is 11.8. The number of carbonyl (C=O) groups excluding carboxylic acids is 1. The summed E-state index contributed by atoms with van der Waals surface area (Å²) in [7, 11) is 0. The summed E-state index contributed by atoms with van der Waals surface area (Å²) in [5, 5.41) is 0. The highest BCUT2D eigenvalue weighted by molar-refractivity contribution is 5.89. The van der Waals surface area contributed by atoms with Gasteiger partial charge in [0.1, 0.15) is 19.0 Å². The molecule has 242 valence electrons. The van der Waals surface area contributed by atoms with Crippen molar-refractivity contribution >= 4 is 11.7 Å². The maximum absolute atomic E-state index is 11.8. The van der Waals surface area contributed by atoms with Gasteiger partial charge in [0, 0.05) is 5.69 Å². The van der Waals surface area contributed by atoms with E-state index in [4.69, 9.17) is 53.1 Å². The van der Waals surface area contributed by atoms with Gasteiger partial charge in [-0.1, -0.05) is 18.2 Å². The van der Waals surface area contributed by atoms with Crippen LogP contribution in [0.4, 0.5) is 5.69 Å². The second-order valence-electron chi connectivity index (χ2n) is 8.82. The number of ether oxygens (including phenoxy) is 10. The van der Waals surface area contributed by atoms with Gasteiger partial charge in [-0.25, -0.2) is 4.79 Å². The molecule has 0 heterocycles. The minimum atomic E-state index is -0.356. The number of benzene rings is 2. The van der Waals surface area contributed by atoms with E-state index in [-0.39, 0.29) is 12.6 Å². The quantitative estimate of drug-likeness (QED) is 0.0825. The van der Waals surface area contributed by atoms with Gasteiger partial charge in [0.25, 0.3) is 0 Å². The molecule has 0 atom stereocenters. The van der Waals surface area contributed by atoms with Crippen molar-refractivity contribution in [1.82, 2.24) is 0 Å². The predicted octanol–water partition coefficient (Wildman–Crippen LogP) is 2.64. The molecular weight excluding hydrogens is 562 g/mol. The maximum Gasteiger partial charge on any atom is 0.338 e. The molecule has 0 aromatic heterocycles. The first-order valence-electron chi connectivity index (χ1n) is 14.6. The van der Waals surface area contributed by atoms with Crippen LogP contribution in [0.5, 0.6) is 5.75 Å². The van der Waals surface area contributed by atoms with E-state index in [0.717, 1.165) is 5.75 Å². The van der Waals surface area contributed by atoms with Crippen LogP contribution in [0.25, 0.3) is 0 Å². The van der Waals surface area contributed by atoms with Crippen molar-refractivity contribution in [3.8, 4) is 5.75 Å². The van der Waals surface area contributed by atoms with Crippen molar-refractivity contribution in [2.75, 3.05) is 125 Å². The van der Waals surface area contributed by atoms with Gasteiger partial charge in [-0.05, 0) is 36.4 Å². The summed E-state index contributed by atoms with van der Waals surface area (Å²) in [5.74, 6) is 0.412. The third kappa shape index (κ3) is 21.5. The SMILES string of the molecule is Nc1ccc(OCCOCCOCCOCCOCCOCCOCCOCCOCCOC(=O)c2ccccc2)cc1. The van der Waals surface area contributed by atoms with E-state index in [0.29, 0.717) is 124 Å². The fourth-order valence-electron chi connectivity index (χ4n) is 3.27. The van der Waals surface area contributed by atoms with E-state index in [1.165, 1.54) is 0 Å². The van der Waals surface area contributed by atoms with Crippen molar-refractivity contribution in [2.45, 2.75) is 0 Å². The molecule has 0 aliphatic rings. The van der Waals surface area contributed by atoms with Crippen molar-refractivity contribution in [3.63, 3.8) is 0 Å². The molecule has 0 aliphatic carbocycles. The molecule has 0 unspecified atom stereocenters. The summed E-state index contributed by atoms with van der Waals surface area (Å²) in [6.45, 7) is 8.25. The van der Waals surface area contributed by atoms with Crippen molar-refractivity contribution in [3.05, 3.63) is 60.2 Å². The van der Waals surface area contributed by atoms with Crippen LogP contribution < -0.4 is 10.5 Å². The number of nitrogen functional groups attached to an aromatic ring is 1. The lowest BCUT2D eigenvalue weighted by molar-refractivity contribution is -0.0247. The standard InChI is InChI=1S/C31H47NO11/c32-29-6-8-30(9-7-29)42-26-24-40-22-20-38-18-16-36-14-12-34-10-11-35-13-15-37-17-19-39-21-23-41-25-27-43-31(33)28-4-2-1-3-5-28/h1-9H,10-27,32H2. The Balaban J connectivity index is 1.17. The third-order valence-electron chi connectivity index (χ3n) is 5.45. The molecule has 43 heavy (non-hydrogen) atoms. The summed E-state index contributed by atoms with van der Waals surface area (Å²) in [6.07, 6.45) is 0. The lowest BCUT2D eigenvalue weighted by atomic mass is 10.2. The molecule has 0 saturated heterocycles. The predicted molar refractivity (Wildman–Crippen MR) is 160 cm³/mol. The summed E-state index contributed by atoms with van der Waals surface area (Å²) in [5.41, 5.74) is 6.87. The lowest BCUT2D eigenvalue weighted by Gasteiger charge is -2.09. The van der Waals surface area contributed by atoms with Crippen LogP contribution >= 0.6 is 0 Å². The molecule has 0 bridgehead atoms. The first-order valence-corrected chi connectivity index (χ1v) is 14.6. The van der Waals surface area contributed by atoms with Gasteiger partial charge in [-0.15, -0.1) is 0 Å². The first kappa shape index (κ1) is 36.4. The van der Waals surface area contributed by atoms with Crippen molar-refractivity contribution in [2.24, 2.45) is 0 Å². The van der Waals surface area contributed by atoms with Gasteiger partial charge in [-0.2, -0.15) is 0 Å². The highest BCUT2D eigenvalue weighted by Gasteiger charge is 2.05. The average Bonchev–Trinajstić information content (AvgIpc) is 3.03. The lowest BCUT2D eigenvalue weighted by Crippen LogP contribution is -2.15. The van der Waals surface area contributed by atoms with Gasteiger partial charge in [-0.3, -0.25) is 0 Å². The Labute approximate surface area is 254 Å². The van der Waals surface area contributed by atoms with Crippen LogP contribution in [-0.4, -0.2) is 125 Å². The van der Waals surface area contributed by atoms with E-state index in [1.54, 1.807) is 36.4 Å². The van der Waals surface area contributed by atoms with Crippen molar-refractivity contribution in [1.29, 1.82) is 0 Å². The van der Waals surface area contributed by atoms with Gasteiger partial charge in [0.2, 0.25) is 0 Å². The Kier molecular flexibility index (Phi) is 22.7. The molecule has 2 aromatic carbocycles. The second-order valence-corrected chi connectivity index (χ2v) is 8.82. The van der Waals surface area contributed by atoms with Gasteiger partial charge in [0.05, 0.1) is 111 Å². The highest BCUT2D eigenvalue weighted by Crippen LogP contribution is 2.12. The van der Waals surface area contributed by atoms with Crippen LogP contribution in [0.1, 0.15) is 10.4 Å². The fourth-order valence-corrected chi connectivity index (χ4v) is 3.27. The van der Waals surface area contributed by atoms with Crippen molar-refractivity contribution < 1.29 is 52.2 Å². The normalized spacial score (nSPS) is 11.1. The molecule has 0 spiro atoms. The van der Waals surface area contributed by atoms with Crippen LogP contribution in [0.3, 0.4) is 0 Å². The molecule has 0 saturated carbocycles. The molecular formula is C31H47NO11. The van der Waals surface area contributed by atoms with E-state index < -0.39 is 0 Å². The molecule has 2 aromatic rings. The topological polar surface area (TPSA) is 135 Å². The molecule has 12 nitrogen and oxygen atoms in total. The molecule has 0 radical (unpaired) electrons. The average molecular weight is 610 g/mol. The van der Waals surface area contributed by atoms with E-state index in [9.17, 15) is 4.79 Å². The summed E-state index contributed by atoms with van der Waals surface area (Å²) >= 11 is 0. The largest absolute Gasteiger partial charge is 0.491 e. The molecule has 0 aliphatic heterocycles. The van der Waals surface area contributed by atoms with Gasteiger partial charge < -0.3 is 53.1 Å². The highest BCUT2D eigenvalue weighted by atomic mass is 16.6. The number of esters is 1. The van der Waals surface area contributed by atoms with E-state index in [1.807, 2.05) is 18.2 Å². The third-order valence-corrected chi connectivity index (χ3v) is 5.45. The van der Waals surface area contributed by atoms with Crippen LogP contribution in [0.2, 0.25) is 0 Å². The zero-order valence-electron chi connectivity index (χ0n) is 25.0. The zero-order chi connectivity index (χ0) is 30.5. The Morgan fingerprint density at radius 2 is 0.791 bits per heavy atom. The smallest absolute Gasteiger partial charge is 0.338 e. The van der Waals surface area contributed by atoms with Crippen LogP contribution in [0.15, 0.2) is 54.6 Å². The van der Waals surface area contributed by atoms with Crippen LogP contribution in [0, 0.1) is 0 Å².